The van der Waals surface area contributed by atoms with E-state index in [0.717, 1.165) is 12.8 Å². The molecule has 0 radical (unpaired) electrons. The van der Waals surface area contributed by atoms with E-state index in [1.54, 1.807) is 6.20 Å². The van der Waals surface area contributed by atoms with Gasteiger partial charge in [0.15, 0.2) is 0 Å². The van der Waals surface area contributed by atoms with Crippen LogP contribution in [0.15, 0.2) is 18.7 Å². The molecule has 0 spiro atoms. The van der Waals surface area contributed by atoms with Crippen LogP contribution < -0.4 is 0 Å². The summed E-state index contributed by atoms with van der Waals surface area (Å²) in [7, 11) is 0. The van der Waals surface area contributed by atoms with Crippen LogP contribution in [0.5, 0.6) is 0 Å². The molecule has 0 saturated heterocycles. The van der Waals surface area contributed by atoms with Gasteiger partial charge in [-0.15, -0.1) is 0 Å². The Hall–Kier alpha value is -1.65. The van der Waals surface area contributed by atoms with Gasteiger partial charge in [0, 0.05) is 18.8 Å². The first kappa shape index (κ1) is 24.4. The Morgan fingerprint density at radius 2 is 1.36 bits per heavy atom. The first-order valence-electron chi connectivity index (χ1n) is 11.4. The number of carbonyl (C=O) groups is 2. The normalized spacial score (nSPS) is 12.2. The van der Waals surface area contributed by atoms with E-state index in [2.05, 4.69) is 11.9 Å². The van der Waals surface area contributed by atoms with Crippen molar-refractivity contribution in [2.75, 3.05) is 0 Å². The summed E-state index contributed by atoms with van der Waals surface area (Å²) in [4.78, 5) is 27.3. The van der Waals surface area contributed by atoms with Gasteiger partial charge in [0.2, 0.25) is 5.91 Å². The lowest BCUT2D eigenvalue weighted by molar-refractivity contribution is -0.142. The number of aromatic nitrogens is 2. The Kier molecular flexibility index (Phi) is 14.2. The molecular weight excluding hydrogens is 352 g/mol. The lowest BCUT2D eigenvalue weighted by atomic mass is 9.96. The summed E-state index contributed by atoms with van der Waals surface area (Å²) in [6, 6.07) is 0. The second kappa shape index (κ2) is 16.3. The zero-order chi connectivity index (χ0) is 20.5. The maximum atomic E-state index is 12.0. The minimum Gasteiger partial charge on any atom is -0.481 e. The van der Waals surface area contributed by atoms with Crippen molar-refractivity contribution in [3.8, 4) is 0 Å². The highest BCUT2D eigenvalue weighted by Crippen LogP contribution is 2.17. The highest BCUT2D eigenvalue weighted by molar-refractivity contribution is 5.83. The van der Waals surface area contributed by atoms with Crippen molar-refractivity contribution in [3.05, 3.63) is 18.7 Å². The number of unbranched alkanes of at least 4 members (excludes halogenated alkanes) is 13. The van der Waals surface area contributed by atoms with Crippen molar-refractivity contribution in [1.82, 2.24) is 9.55 Å². The van der Waals surface area contributed by atoms with Crippen molar-refractivity contribution < 1.29 is 14.7 Å². The average Bonchev–Trinajstić information content (AvgIpc) is 3.22. The van der Waals surface area contributed by atoms with Gasteiger partial charge in [-0.2, -0.15) is 0 Å². The maximum absolute atomic E-state index is 12.0. The SMILES string of the molecule is CCCCCCCCCCCCCCCCC(CC(=O)n1ccnc1)C(=O)O. The molecule has 5 nitrogen and oxygen atoms in total. The fraction of sp³-hybridized carbons (Fsp3) is 0.783. The van der Waals surface area contributed by atoms with Crippen LogP contribution in [-0.4, -0.2) is 26.5 Å². The monoisotopic (exact) mass is 392 g/mol. The molecule has 160 valence electrons. The van der Waals surface area contributed by atoms with Crippen molar-refractivity contribution >= 4 is 11.9 Å². The molecular formula is C23H40N2O3. The molecule has 1 N–H and O–H groups in total. The number of aliphatic carboxylic acids is 1. The summed E-state index contributed by atoms with van der Waals surface area (Å²) in [5.41, 5.74) is 0. The van der Waals surface area contributed by atoms with Crippen molar-refractivity contribution in [2.24, 2.45) is 5.92 Å². The summed E-state index contributed by atoms with van der Waals surface area (Å²) in [6.07, 6.45) is 23.1. The molecule has 0 aliphatic carbocycles. The van der Waals surface area contributed by atoms with Crippen molar-refractivity contribution in [3.63, 3.8) is 0 Å². The maximum Gasteiger partial charge on any atom is 0.307 e. The third-order valence-electron chi connectivity index (χ3n) is 5.47. The van der Waals surface area contributed by atoms with Crippen LogP contribution in [0.2, 0.25) is 0 Å². The van der Waals surface area contributed by atoms with E-state index in [1.165, 1.54) is 94.1 Å². The molecule has 1 rings (SSSR count). The van der Waals surface area contributed by atoms with Crippen LogP contribution >= 0.6 is 0 Å². The molecule has 0 aliphatic heterocycles. The predicted octanol–water partition coefficient (Wildman–Crippen LogP) is 6.49. The molecule has 1 heterocycles. The standard InChI is InChI=1S/C23H40N2O3/c1-2-3-4-5-6-7-8-9-10-11-12-13-14-15-16-21(23(27)28)19-22(26)25-18-17-24-20-25/h17-18,20-21H,2-16,19H2,1H3,(H,27,28). The lowest BCUT2D eigenvalue weighted by Gasteiger charge is -2.11. The number of rotatable bonds is 18. The van der Waals surface area contributed by atoms with Gasteiger partial charge in [-0.05, 0) is 6.42 Å². The number of hydrogen-bond donors (Lipinski definition) is 1. The van der Waals surface area contributed by atoms with Gasteiger partial charge >= 0.3 is 5.97 Å². The zero-order valence-electron chi connectivity index (χ0n) is 17.8. The molecule has 1 atom stereocenters. The molecule has 0 amide bonds. The Morgan fingerprint density at radius 3 is 1.79 bits per heavy atom. The number of carboxylic acids is 1. The molecule has 1 unspecified atom stereocenters. The lowest BCUT2D eigenvalue weighted by Crippen LogP contribution is -2.21. The molecule has 0 aromatic carbocycles. The number of carboxylic acid groups (broad SMARTS) is 1. The van der Waals surface area contributed by atoms with Crippen LogP contribution in [0, 0.1) is 5.92 Å². The molecule has 1 aromatic heterocycles. The van der Waals surface area contributed by atoms with E-state index < -0.39 is 11.9 Å². The Morgan fingerprint density at radius 1 is 0.857 bits per heavy atom. The van der Waals surface area contributed by atoms with Crippen molar-refractivity contribution in [1.29, 1.82) is 0 Å². The third-order valence-corrected chi connectivity index (χ3v) is 5.47. The molecule has 0 bridgehead atoms. The summed E-state index contributed by atoms with van der Waals surface area (Å²) in [6.45, 7) is 2.26. The van der Waals surface area contributed by atoms with E-state index in [4.69, 9.17) is 0 Å². The van der Waals surface area contributed by atoms with Crippen molar-refractivity contribution in [2.45, 2.75) is 110 Å². The predicted molar refractivity (Wildman–Crippen MR) is 114 cm³/mol. The van der Waals surface area contributed by atoms with Gasteiger partial charge in [-0.3, -0.25) is 14.2 Å². The Labute approximate surface area is 170 Å². The fourth-order valence-corrected chi connectivity index (χ4v) is 3.62. The Balaban J connectivity index is 1.96. The fourth-order valence-electron chi connectivity index (χ4n) is 3.62. The summed E-state index contributed by atoms with van der Waals surface area (Å²) < 4.78 is 1.36. The second-order valence-corrected chi connectivity index (χ2v) is 7.99. The van der Waals surface area contributed by atoms with Gasteiger partial charge < -0.3 is 5.11 Å². The van der Waals surface area contributed by atoms with E-state index in [0.29, 0.717) is 6.42 Å². The van der Waals surface area contributed by atoms with Gasteiger partial charge in [0.25, 0.3) is 0 Å². The summed E-state index contributed by atoms with van der Waals surface area (Å²) in [5, 5.41) is 9.35. The smallest absolute Gasteiger partial charge is 0.307 e. The molecule has 0 aliphatic rings. The molecule has 28 heavy (non-hydrogen) atoms. The molecule has 5 heteroatoms. The first-order valence-corrected chi connectivity index (χ1v) is 11.4. The summed E-state index contributed by atoms with van der Waals surface area (Å²) in [5.74, 6) is -1.66. The highest BCUT2D eigenvalue weighted by atomic mass is 16.4. The Bertz CT molecular complexity index is 514. The second-order valence-electron chi connectivity index (χ2n) is 7.99. The van der Waals surface area contributed by atoms with Gasteiger partial charge in [-0.1, -0.05) is 96.8 Å². The van der Waals surface area contributed by atoms with E-state index in [9.17, 15) is 14.7 Å². The van der Waals surface area contributed by atoms with Gasteiger partial charge in [-0.25, -0.2) is 4.98 Å². The number of imidazole rings is 1. The topological polar surface area (TPSA) is 72.2 Å². The van der Waals surface area contributed by atoms with Crippen LogP contribution in [-0.2, 0) is 4.79 Å². The van der Waals surface area contributed by atoms with Gasteiger partial charge in [0.05, 0.1) is 5.92 Å². The number of hydrogen-bond acceptors (Lipinski definition) is 3. The third kappa shape index (κ3) is 11.9. The molecule has 0 fully saturated rings. The molecule has 0 saturated carbocycles. The van der Waals surface area contributed by atoms with Crippen LogP contribution in [0.4, 0.5) is 0 Å². The largest absolute Gasteiger partial charge is 0.481 e. The minimum absolute atomic E-state index is 0.0458. The first-order chi connectivity index (χ1) is 13.6. The minimum atomic E-state index is -0.872. The average molecular weight is 393 g/mol. The van der Waals surface area contributed by atoms with Crippen LogP contribution in [0.1, 0.15) is 114 Å². The molecule has 1 aromatic rings. The van der Waals surface area contributed by atoms with Crippen LogP contribution in [0.25, 0.3) is 0 Å². The number of carbonyl (C=O) groups excluding carboxylic acids is 1. The zero-order valence-corrected chi connectivity index (χ0v) is 17.8. The quantitative estimate of drug-likeness (QED) is 0.290. The number of nitrogens with zero attached hydrogens (tertiary/aromatic N) is 2. The summed E-state index contributed by atoms with van der Waals surface area (Å²) >= 11 is 0. The van der Waals surface area contributed by atoms with E-state index in [1.807, 2.05) is 0 Å². The van der Waals surface area contributed by atoms with Crippen LogP contribution in [0.3, 0.4) is 0 Å². The highest BCUT2D eigenvalue weighted by Gasteiger charge is 2.21. The van der Waals surface area contributed by atoms with E-state index >= 15 is 0 Å². The van der Waals surface area contributed by atoms with E-state index in [-0.39, 0.29) is 12.3 Å². The van der Waals surface area contributed by atoms with Gasteiger partial charge in [0.1, 0.15) is 6.33 Å².